The average Bonchev–Trinajstić information content (AvgIpc) is 2.53. The molecule has 3 heteroatoms. The zero-order chi connectivity index (χ0) is 15.2. The van der Waals surface area contributed by atoms with Crippen molar-refractivity contribution in [2.45, 2.75) is 26.5 Å². The monoisotopic (exact) mass is 280 g/mol. The number of ether oxygens (including phenoxy) is 1. The molecule has 21 heavy (non-hydrogen) atoms. The van der Waals surface area contributed by atoms with Crippen molar-refractivity contribution in [1.82, 2.24) is 5.32 Å². The molecule has 0 saturated heterocycles. The van der Waals surface area contributed by atoms with E-state index in [0.717, 1.165) is 16.9 Å². The molecule has 3 nitrogen and oxygen atoms in total. The Balaban J connectivity index is 2.08. The van der Waals surface area contributed by atoms with Gasteiger partial charge in [-0.05, 0) is 55.8 Å². The Morgan fingerprint density at radius 1 is 1.24 bits per heavy atom. The number of nitriles is 1. The number of nitrogens with one attached hydrogen (secondary N) is 1. The molecular formula is C18H20N2O. The summed E-state index contributed by atoms with van der Waals surface area (Å²) in [4.78, 5) is 0. The first-order valence-electron chi connectivity index (χ1n) is 7.03. The topological polar surface area (TPSA) is 45.0 Å². The lowest BCUT2D eigenvalue weighted by molar-refractivity contribution is 0.304. The summed E-state index contributed by atoms with van der Waals surface area (Å²) < 4.78 is 5.86. The Labute approximate surface area is 126 Å². The van der Waals surface area contributed by atoms with Crippen LogP contribution in [0.25, 0.3) is 0 Å². The Morgan fingerprint density at radius 2 is 2.05 bits per heavy atom. The summed E-state index contributed by atoms with van der Waals surface area (Å²) in [6.07, 6.45) is 0. The van der Waals surface area contributed by atoms with Gasteiger partial charge >= 0.3 is 0 Å². The molecule has 0 aliphatic carbocycles. The Hall–Kier alpha value is -2.31. The first-order valence-corrected chi connectivity index (χ1v) is 7.03. The summed E-state index contributed by atoms with van der Waals surface area (Å²) >= 11 is 0. The molecule has 2 aromatic rings. The maximum atomic E-state index is 8.90. The molecule has 0 heterocycles. The second-order valence-electron chi connectivity index (χ2n) is 5.14. The van der Waals surface area contributed by atoms with E-state index in [9.17, 15) is 0 Å². The molecule has 0 bridgehead atoms. The molecule has 1 unspecified atom stereocenters. The lowest BCUT2D eigenvalue weighted by atomic mass is 10.1. The molecule has 2 rings (SSSR count). The third-order valence-electron chi connectivity index (χ3n) is 3.58. The van der Waals surface area contributed by atoms with E-state index >= 15 is 0 Å². The fraction of sp³-hybridized carbons (Fsp3) is 0.278. The van der Waals surface area contributed by atoms with Crippen LogP contribution in [-0.4, -0.2) is 7.05 Å². The first-order chi connectivity index (χ1) is 10.1. The second kappa shape index (κ2) is 6.92. The van der Waals surface area contributed by atoms with Crippen LogP contribution in [0.2, 0.25) is 0 Å². The SMILES string of the molecule is CNC(C)c1ccc(OCc2cccc(C#N)c2)c(C)c1. The van der Waals surface area contributed by atoms with Crippen LogP contribution in [0.4, 0.5) is 0 Å². The third kappa shape index (κ3) is 3.84. The summed E-state index contributed by atoms with van der Waals surface area (Å²) in [5.74, 6) is 0.879. The highest BCUT2D eigenvalue weighted by molar-refractivity contribution is 5.38. The lowest BCUT2D eigenvalue weighted by Crippen LogP contribution is -2.12. The smallest absolute Gasteiger partial charge is 0.122 e. The van der Waals surface area contributed by atoms with Gasteiger partial charge in [0.1, 0.15) is 12.4 Å². The Kier molecular flexibility index (Phi) is 4.97. The second-order valence-corrected chi connectivity index (χ2v) is 5.14. The van der Waals surface area contributed by atoms with Crippen LogP contribution in [0.15, 0.2) is 42.5 Å². The molecule has 0 amide bonds. The number of aryl methyl sites for hydroxylation is 1. The number of rotatable bonds is 5. The van der Waals surface area contributed by atoms with Crippen molar-refractivity contribution >= 4 is 0 Å². The van der Waals surface area contributed by atoms with E-state index in [4.69, 9.17) is 10.00 Å². The van der Waals surface area contributed by atoms with Crippen LogP contribution in [0.5, 0.6) is 5.75 Å². The maximum absolute atomic E-state index is 8.90. The van der Waals surface area contributed by atoms with Gasteiger partial charge in [-0.2, -0.15) is 5.26 Å². The number of benzene rings is 2. The zero-order valence-electron chi connectivity index (χ0n) is 12.7. The Bertz CT molecular complexity index is 659. The standard InChI is InChI=1S/C18H20N2O/c1-13-9-17(14(2)20-3)7-8-18(13)21-12-16-6-4-5-15(10-16)11-19/h4-10,14,20H,12H2,1-3H3. The molecule has 0 aliphatic rings. The molecule has 0 radical (unpaired) electrons. The van der Waals surface area contributed by atoms with Crippen molar-refractivity contribution in [2.75, 3.05) is 7.05 Å². The minimum Gasteiger partial charge on any atom is -0.489 e. The molecule has 1 N–H and O–H groups in total. The first kappa shape index (κ1) is 15.1. The van der Waals surface area contributed by atoms with Crippen LogP contribution in [-0.2, 0) is 6.61 Å². The molecule has 0 fully saturated rings. The van der Waals surface area contributed by atoms with Gasteiger partial charge in [-0.25, -0.2) is 0 Å². The van der Waals surface area contributed by atoms with Gasteiger partial charge < -0.3 is 10.1 Å². The average molecular weight is 280 g/mol. The lowest BCUT2D eigenvalue weighted by Gasteiger charge is -2.14. The van der Waals surface area contributed by atoms with Crippen molar-refractivity contribution in [3.8, 4) is 11.8 Å². The molecule has 2 aromatic carbocycles. The highest BCUT2D eigenvalue weighted by Crippen LogP contribution is 2.23. The van der Waals surface area contributed by atoms with Crippen molar-refractivity contribution in [1.29, 1.82) is 5.26 Å². The quantitative estimate of drug-likeness (QED) is 0.907. The van der Waals surface area contributed by atoms with Gasteiger partial charge in [-0.1, -0.05) is 24.3 Å². The summed E-state index contributed by atoms with van der Waals surface area (Å²) in [7, 11) is 1.95. The van der Waals surface area contributed by atoms with E-state index in [0.29, 0.717) is 18.2 Å². The fourth-order valence-corrected chi connectivity index (χ4v) is 2.16. The molecule has 0 aromatic heterocycles. The summed E-state index contributed by atoms with van der Waals surface area (Å²) in [6.45, 7) is 4.65. The predicted molar refractivity (Wildman–Crippen MR) is 84.1 cm³/mol. The van der Waals surface area contributed by atoms with Gasteiger partial charge in [0.05, 0.1) is 11.6 Å². The molecule has 0 aliphatic heterocycles. The maximum Gasteiger partial charge on any atom is 0.122 e. The van der Waals surface area contributed by atoms with Gasteiger partial charge in [-0.15, -0.1) is 0 Å². The molecular weight excluding hydrogens is 260 g/mol. The van der Waals surface area contributed by atoms with Crippen LogP contribution in [0.1, 0.15) is 35.2 Å². The van der Waals surface area contributed by atoms with Crippen molar-refractivity contribution in [3.05, 3.63) is 64.7 Å². The molecule has 0 saturated carbocycles. The van der Waals surface area contributed by atoms with E-state index in [-0.39, 0.29) is 0 Å². The Morgan fingerprint density at radius 3 is 2.71 bits per heavy atom. The van der Waals surface area contributed by atoms with Gasteiger partial charge in [0, 0.05) is 6.04 Å². The highest BCUT2D eigenvalue weighted by atomic mass is 16.5. The van der Waals surface area contributed by atoms with Crippen LogP contribution in [0.3, 0.4) is 0 Å². The summed E-state index contributed by atoms with van der Waals surface area (Å²) in [5.41, 5.74) is 4.02. The van der Waals surface area contributed by atoms with Gasteiger partial charge in [-0.3, -0.25) is 0 Å². The van der Waals surface area contributed by atoms with E-state index in [1.807, 2.05) is 38.2 Å². The predicted octanol–water partition coefficient (Wildman–Crippen LogP) is 3.73. The van der Waals surface area contributed by atoms with Crippen molar-refractivity contribution in [2.24, 2.45) is 0 Å². The highest BCUT2D eigenvalue weighted by Gasteiger charge is 2.06. The third-order valence-corrected chi connectivity index (χ3v) is 3.58. The van der Waals surface area contributed by atoms with E-state index < -0.39 is 0 Å². The molecule has 1 atom stereocenters. The zero-order valence-corrected chi connectivity index (χ0v) is 12.7. The summed E-state index contributed by atoms with van der Waals surface area (Å²) in [6, 6.07) is 16.2. The van der Waals surface area contributed by atoms with Crippen molar-refractivity contribution in [3.63, 3.8) is 0 Å². The largest absolute Gasteiger partial charge is 0.489 e. The fourth-order valence-electron chi connectivity index (χ4n) is 2.16. The minimum atomic E-state index is 0.324. The molecule has 0 spiro atoms. The van der Waals surface area contributed by atoms with Crippen LogP contribution >= 0.6 is 0 Å². The summed E-state index contributed by atoms with van der Waals surface area (Å²) in [5, 5.41) is 12.1. The van der Waals surface area contributed by atoms with Crippen molar-refractivity contribution < 1.29 is 4.74 Å². The number of nitrogens with zero attached hydrogens (tertiary/aromatic N) is 1. The van der Waals surface area contributed by atoms with E-state index in [1.165, 1.54) is 5.56 Å². The number of hydrogen-bond donors (Lipinski definition) is 1. The minimum absolute atomic E-state index is 0.324. The van der Waals surface area contributed by atoms with Crippen LogP contribution < -0.4 is 10.1 Å². The normalized spacial score (nSPS) is 11.7. The van der Waals surface area contributed by atoms with Gasteiger partial charge in [0.25, 0.3) is 0 Å². The molecule has 108 valence electrons. The van der Waals surface area contributed by atoms with Gasteiger partial charge in [0.15, 0.2) is 0 Å². The van der Waals surface area contributed by atoms with Crippen LogP contribution in [0, 0.1) is 18.3 Å². The number of hydrogen-bond acceptors (Lipinski definition) is 3. The van der Waals surface area contributed by atoms with E-state index in [2.05, 4.69) is 30.4 Å². The van der Waals surface area contributed by atoms with E-state index in [1.54, 1.807) is 6.07 Å². The van der Waals surface area contributed by atoms with Gasteiger partial charge in [0.2, 0.25) is 0 Å².